The van der Waals surface area contributed by atoms with Crippen molar-refractivity contribution in [2.24, 2.45) is 0 Å². The summed E-state index contributed by atoms with van der Waals surface area (Å²) in [6.45, 7) is 6.42. The van der Waals surface area contributed by atoms with E-state index in [2.05, 4.69) is 30.0 Å². The van der Waals surface area contributed by atoms with Crippen molar-refractivity contribution in [2.45, 2.75) is 19.6 Å². The summed E-state index contributed by atoms with van der Waals surface area (Å²) < 4.78 is 6.26. The van der Waals surface area contributed by atoms with Gasteiger partial charge in [0.1, 0.15) is 8.07 Å². The van der Waals surface area contributed by atoms with Gasteiger partial charge in [-0.3, -0.25) is 0 Å². The molecule has 0 unspecified atom stereocenters. The molecule has 20 heavy (non-hydrogen) atoms. The van der Waals surface area contributed by atoms with Crippen LogP contribution in [0.25, 0.3) is 5.69 Å². The molecule has 0 saturated carbocycles. The van der Waals surface area contributed by atoms with Gasteiger partial charge in [-0.05, 0) is 12.1 Å². The number of carbonyl (C=O) groups is 1. The van der Waals surface area contributed by atoms with Crippen molar-refractivity contribution in [3.05, 3.63) is 35.0 Å². The van der Waals surface area contributed by atoms with Gasteiger partial charge in [-0.2, -0.15) is 0 Å². The lowest BCUT2D eigenvalue weighted by Gasteiger charge is -2.12. The Bertz CT molecular complexity index is 649. The Morgan fingerprint density at radius 1 is 1.30 bits per heavy atom. The van der Waals surface area contributed by atoms with Crippen LogP contribution in [0, 0.1) is 0 Å². The van der Waals surface area contributed by atoms with Crippen molar-refractivity contribution in [3.8, 4) is 5.69 Å². The zero-order chi connectivity index (χ0) is 14.9. The first-order valence-corrected chi connectivity index (χ1v) is 10.0. The molecular weight excluding hydrogens is 294 g/mol. The van der Waals surface area contributed by atoms with Crippen LogP contribution in [0.15, 0.2) is 24.3 Å². The smallest absolute Gasteiger partial charge is 0.340 e. The van der Waals surface area contributed by atoms with Gasteiger partial charge in [-0.1, -0.05) is 48.6 Å². The number of carbonyl (C=O) groups excluding carboxylic acids is 1. The van der Waals surface area contributed by atoms with E-state index < -0.39 is 14.0 Å². The molecule has 0 saturated heterocycles. The van der Waals surface area contributed by atoms with E-state index in [1.54, 1.807) is 18.2 Å². The molecule has 1 aromatic heterocycles. The first kappa shape index (κ1) is 14.7. The summed E-state index contributed by atoms with van der Waals surface area (Å²) in [6.07, 6.45) is 0. The Morgan fingerprint density at radius 2 is 1.95 bits per heavy atom. The second-order valence-electron chi connectivity index (χ2n) is 5.40. The number of esters is 1. The van der Waals surface area contributed by atoms with Crippen molar-refractivity contribution >= 4 is 31.0 Å². The molecule has 0 N–H and O–H groups in total. The lowest BCUT2D eigenvalue weighted by atomic mass is 10.2. The fraction of sp³-hybridized carbons (Fsp3) is 0.308. The van der Waals surface area contributed by atoms with Gasteiger partial charge >= 0.3 is 5.97 Å². The van der Waals surface area contributed by atoms with Crippen LogP contribution >= 0.6 is 11.6 Å². The Balaban J connectivity index is 2.59. The van der Waals surface area contributed by atoms with Crippen LogP contribution in [0.4, 0.5) is 0 Å². The lowest BCUT2D eigenvalue weighted by molar-refractivity contribution is 0.0600. The van der Waals surface area contributed by atoms with E-state index in [-0.39, 0.29) is 0 Å². The molecule has 2 rings (SSSR count). The highest BCUT2D eigenvalue weighted by Crippen LogP contribution is 2.19. The first-order chi connectivity index (χ1) is 9.36. The largest absolute Gasteiger partial charge is 0.465 e. The summed E-state index contributed by atoms with van der Waals surface area (Å²) in [7, 11) is -0.343. The quantitative estimate of drug-likeness (QED) is 0.644. The monoisotopic (exact) mass is 309 g/mol. The molecule has 0 spiro atoms. The summed E-state index contributed by atoms with van der Waals surface area (Å²) in [5.41, 5.74) is 0.977. The molecule has 5 nitrogen and oxygen atoms in total. The minimum absolute atomic E-state index is 0.406. The Hall–Kier alpha value is -1.66. The molecule has 106 valence electrons. The molecule has 0 atom stereocenters. The highest BCUT2D eigenvalue weighted by molar-refractivity contribution is 6.89. The zero-order valence-corrected chi connectivity index (χ0v) is 13.6. The van der Waals surface area contributed by atoms with Crippen molar-refractivity contribution in [1.82, 2.24) is 15.0 Å². The number of hydrogen-bond donors (Lipinski definition) is 0. The highest BCUT2D eigenvalue weighted by Gasteiger charge is 2.27. The minimum Gasteiger partial charge on any atom is -0.465 e. The molecule has 0 aliphatic rings. The van der Waals surface area contributed by atoms with Crippen LogP contribution in [0.1, 0.15) is 10.4 Å². The third-order valence-electron chi connectivity index (χ3n) is 2.86. The second kappa shape index (κ2) is 5.38. The van der Waals surface area contributed by atoms with E-state index in [1.807, 2.05) is 6.07 Å². The Morgan fingerprint density at radius 3 is 2.50 bits per heavy atom. The van der Waals surface area contributed by atoms with Gasteiger partial charge in [0.05, 0.1) is 23.7 Å². The van der Waals surface area contributed by atoms with Crippen molar-refractivity contribution in [1.29, 1.82) is 0 Å². The van der Waals surface area contributed by atoms with Crippen LogP contribution in [0.2, 0.25) is 24.8 Å². The van der Waals surface area contributed by atoms with Crippen LogP contribution in [-0.4, -0.2) is 36.1 Å². The maximum atomic E-state index is 11.8. The van der Waals surface area contributed by atoms with E-state index in [0.29, 0.717) is 16.4 Å². The Kier molecular flexibility index (Phi) is 3.96. The van der Waals surface area contributed by atoms with Crippen LogP contribution in [0.5, 0.6) is 0 Å². The van der Waals surface area contributed by atoms with Crippen molar-refractivity contribution in [2.75, 3.05) is 7.11 Å². The van der Waals surface area contributed by atoms with Crippen molar-refractivity contribution < 1.29 is 9.53 Å². The molecule has 1 aromatic carbocycles. The molecule has 0 aliphatic carbocycles. The molecule has 1 heterocycles. The SMILES string of the molecule is COC(=O)c1ccccc1-n1nnc([Si](C)(C)C)c1Cl. The van der Waals surface area contributed by atoms with Gasteiger partial charge in [0.2, 0.25) is 0 Å². The number of benzene rings is 1. The molecule has 0 radical (unpaired) electrons. The van der Waals surface area contributed by atoms with Gasteiger partial charge in [0.15, 0.2) is 5.15 Å². The number of methoxy groups -OCH3 is 1. The summed E-state index contributed by atoms with van der Waals surface area (Å²) in [5, 5.41) is 9.55. The topological polar surface area (TPSA) is 57.0 Å². The number of ether oxygens (including phenoxy) is 1. The molecule has 0 bridgehead atoms. The summed E-state index contributed by atoms with van der Waals surface area (Å²) >= 11 is 6.38. The van der Waals surface area contributed by atoms with Crippen LogP contribution in [0.3, 0.4) is 0 Å². The van der Waals surface area contributed by atoms with E-state index in [4.69, 9.17) is 16.3 Å². The zero-order valence-electron chi connectivity index (χ0n) is 11.8. The third kappa shape index (κ3) is 2.61. The van der Waals surface area contributed by atoms with E-state index in [1.165, 1.54) is 11.8 Å². The van der Waals surface area contributed by atoms with Crippen LogP contribution in [-0.2, 0) is 4.74 Å². The van der Waals surface area contributed by atoms with Gasteiger partial charge in [-0.15, -0.1) is 5.10 Å². The van der Waals surface area contributed by atoms with Crippen LogP contribution < -0.4 is 5.32 Å². The maximum absolute atomic E-state index is 11.8. The number of rotatable bonds is 3. The van der Waals surface area contributed by atoms with Gasteiger partial charge in [0, 0.05) is 0 Å². The van der Waals surface area contributed by atoms with Gasteiger partial charge < -0.3 is 4.74 Å². The molecule has 2 aromatic rings. The molecule has 0 amide bonds. The Labute approximate surface area is 123 Å². The fourth-order valence-electron chi connectivity index (χ4n) is 1.82. The number of hydrogen-bond acceptors (Lipinski definition) is 4. The molecule has 0 fully saturated rings. The average molecular weight is 310 g/mol. The number of para-hydroxylation sites is 1. The fourth-order valence-corrected chi connectivity index (χ4v) is 3.91. The summed E-state index contributed by atoms with van der Waals surface area (Å²) in [4.78, 5) is 11.8. The standard InChI is InChI=1S/C13H16ClN3O2Si/c1-19-13(18)9-7-5-6-8-10(9)17-11(14)12(15-16-17)20(2,3)4/h5-8H,1-4H3. The van der Waals surface area contributed by atoms with E-state index in [0.717, 1.165) is 5.32 Å². The summed E-state index contributed by atoms with van der Waals surface area (Å²) in [5.74, 6) is -0.429. The summed E-state index contributed by atoms with van der Waals surface area (Å²) in [6, 6.07) is 7.02. The average Bonchev–Trinajstić information content (AvgIpc) is 2.79. The predicted molar refractivity (Wildman–Crippen MR) is 80.7 cm³/mol. The minimum atomic E-state index is -1.69. The van der Waals surface area contributed by atoms with Gasteiger partial charge in [0.25, 0.3) is 0 Å². The first-order valence-electron chi connectivity index (χ1n) is 6.15. The van der Waals surface area contributed by atoms with E-state index in [9.17, 15) is 4.79 Å². The molecular formula is C13H16ClN3O2Si. The number of aromatic nitrogens is 3. The predicted octanol–water partition coefficient (Wildman–Crippen LogP) is 2.25. The number of nitrogens with zero attached hydrogens (tertiary/aromatic N) is 3. The highest BCUT2D eigenvalue weighted by atomic mass is 35.5. The number of halogens is 1. The molecule has 7 heteroatoms. The second-order valence-corrected chi connectivity index (χ2v) is 10.7. The van der Waals surface area contributed by atoms with Crippen molar-refractivity contribution in [3.63, 3.8) is 0 Å². The normalized spacial score (nSPS) is 11.4. The van der Waals surface area contributed by atoms with E-state index >= 15 is 0 Å². The third-order valence-corrected chi connectivity index (χ3v) is 5.12. The maximum Gasteiger partial charge on any atom is 0.340 e. The lowest BCUT2D eigenvalue weighted by Crippen LogP contribution is -2.39. The van der Waals surface area contributed by atoms with Gasteiger partial charge in [-0.25, -0.2) is 9.48 Å². The molecule has 0 aliphatic heterocycles.